The van der Waals surface area contributed by atoms with Crippen LogP contribution in [0.1, 0.15) is 38.1 Å². The van der Waals surface area contributed by atoms with E-state index in [1.807, 2.05) is 69.7 Å². The van der Waals surface area contributed by atoms with Crippen molar-refractivity contribution in [2.45, 2.75) is 19.1 Å². The van der Waals surface area contributed by atoms with Gasteiger partial charge >= 0.3 is 0 Å². The lowest BCUT2D eigenvalue weighted by Gasteiger charge is -2.37. The third-order valence-corrected chi connectivity index (χ3v) is 5.04. The van der Waals surface area contributed by atoms with Gasteiger partial charge in [0.25, 0.3) is 11.8 Å². The second-order valence-corrected chi connectivity index (χ2v) is 6.68. The van der Waals surface area contributed by atoms with Gasteiger partial charge in [-0.1, -0.05) is 30.3 Å². The average Bonchev–Trinajstić information content (AvgIpc) is 3.32. The van der Waals surface area contributed by atoms with Gasteiger partial charge < -0.3 is 14.0 Å². The summed E-state index contributed by atoms with van der Waals surface area (Å²) < 4.78 is 3.78. The van der Waals surface area contributed by atoms with E-state index >= 15 is 0 Å². The van der Waals surface area contributed by atoms with E-state index in [1.54, 1.807) is 17.7 Å². The summed E-state index contributed by atoms with van der Waals surface area (Å²) in [7, 11) is 1.85. The number of nitrogens with zero attached hydrogens (tertiary/aromatic N) is 3. The molecule has 1 atom stereocenters. The minimum atomic E-state index is -0.562. The van der Waals surface area contributed by atoms with Gasteiger partial charge in [0.15, 0.2) is 0 Å². The summed E-state index contributed by atoms with van der Waals surface area (Å²) in [5, 5.41) is 8.90. The number of aryl methyl sites for hydroxylation is 1. The number of nitrogens with one attached hydrogen (secondary N) is 1. The molecular weight excluding hydrogens is 344 g/mol. The monoisotopic (exact) mass is 364 g/mol. The molecule has 0 spiro atoms. The predicted molar refractivity (Wildman–Crippen MR) is 98.2 cm³/mol. The SMILES string of the molecule is Cn1cccc1C(=O)N1Cc2cc(C(=O)NO)cn2CC1c1ccccc1. The van der Waals surface area contributed by atoms with Crippen LogP contribution < -0.4 is 5.48 Å². The number of rotatable bonds is 3. The minimum Gasteiger partial charge on any atom is -0.347 e. The summed E-state index contributed by atoms with van der Waals surface area (Å²) in [6.07, 6.45) is 3.56. The quantitative estimate of drug-likeness (QED) is 0.553. The maximum absolute atomic E-state index is 13.2. The van der Waals surface area contributed by atoms with E-state index in [-0.39, 0.29) is 11.9 Å². The second-order valence-electron chi connectivity index (χ2n) is 6.68. The van der Waals surface area contributed by atoms with Crippen LogP contribution in [-0.4, -0.2) is 31.1 Å². The molecule has 1 aliphatic heterocycles. The molecule has 0 radical (unpaired) electrons. The maximum atomic E-state index is 13.2. The molecule has 1 aliphatic rings. The Morgan fingerprint density at radius 1 is 1.15 bits per heavy atom. The Hall–Kier alpha value is -3.32. The molecule has 0 bridgehead atoms. The van der Waals surface area contributed by atoms with E-state index in [9.17, 15) is 9.59 Å². The number of hydrogen-bond donors (Lipinski definition) is 2. The smallest absolute Gasteiger partial charge is 0.276 e. The van der Waals surface area contributed by atoms with Crippen molar-refractivity contribution < 1.29 is 14.8 Å². The van der Waals surface area contributed by atoms with Crippen molar-refractivity contribution in [3.05, 3.63) is 83.4 Å². The van der Waals surface area contributed by atoms with E-state index in [0.717, 1.165) is 11.3 Å². The van der Waals surface area contributed by atoms with Crippen LogP contribution in [-0.2, 0) is 20.1 Å². The van der Waals surface area contributed by atoms with E-state index in [0.29, 0.717) is 24.3 Å². The summed E-state index contributed by atoms with van der Waals surface area (Å²) >= 11 is 0. The number of hydrogen-bond acceptors (Lipinski definition) is 3. The van der Waals surface area contributed by atoms with Crippen LogP contribution in [0, 0.1) is 0 Å². The minimum absolute atomic E-state index is 0.0584. The van der Waals surface area contributed by atoms with Crippen molar-refractivity contribution in [3.63, 3.8) is 0 Å². The van der Waals surface area contributed by atoms with E-state index in [1.165, 1.54) is 0 Å². The molecule has 0 saturated heterocycles. The van der Waals surface area contributed by atoms with Crippen LogP contribution in [0.4, 0.5) is 0 Å². The highest BCUT2D eigenvalue weighted by atomic mass is 16.5. The van der Waals surface area contributed by atoms with Gasteiger partial charge in [0.2, 0.25) is 0 Å². The first kappa shape index (κ1) is 17.1. The Kier molecular flexibility index (Phi) is 4.29. The number of carbonyl (C=O) groups excluding carboxylic acids is 2. The van der Waals surface area contributed by atoms with Crippen molar-refractivity contribution in [3.8, 4) is 0 Å². The third-order valence-electron chi connectivity index (χ3n) is 5.04. The molecule has 0 fully saturated rings. The fourth-order valence-corrected chi connectivity index (χ4v) is 3.62. The van der Waals surface area contributed by atoms with Crippen LogP contribution in [0.15, 0.2) is 60.9 Å². The zero-order valence-corrected chi connectivity index (χ0v) is 14.9. The standard InChI is InChI=1S/C20H20N4O3/c1-22-9-5-8-17(22)20(26)24-12-16-10-15(19(25)21-27)11-23(16)13-18(24)14-6-3-2-4-7-14/h2-11,18,27H,12-13H2,1H3,(H,21,25). The van der Waals surface area contributed by atoms with Crippen LogP contribution in [0.25, 0.3) is 0 Å². The van der Waals surface area contributed by atoms with E-state index in [2.05, 4.69) is 0 Å². The van der Waals surface area contributed by atoms with Crippen molar-refractivity contribution in [2.75, 3.05) is 0 Å². The summed E-state index contributed by atoms with van der Waals surface area (Å²) in [6, 6.07) is 15.1. The molecule has 1 aromatic carbocycles. The highest BCUT2D eigenvalue weighted by Gasteiger charge is 2.33. The fourth-order valence-electron chi connectivity index (χ4n) is 3.62. The molecule has 2 N–H and O–H groups in total. The number of fused-ring (bicyclic) bond motifs is 1. The fraction of sp³-hybridized carbons (Fsp3) is 0.200. The number of aromatic nitrogens is 2. The Labute approximate surface area is 156 Å². The van der Waals surface area contributed by atoms with Crippen LogP contribution in [0.3, 0.4) is 0 Å². The third kappa shape index (κ3) is 3.02. The van der Waals surface area contributed by atoms with Gasteiger partial charge in [0, 0.05) is 31.7 Å². The Morgan fingerprint density at radius 2 is 1.93 bits per heavy atom. The maximum Gasteiger partial charge on any atom is 0.276 e. The molecule has 27 heavy (non-hydrogen) atoms. The van der Waals surface area contributed by atoms with Gasteiger partial charge in [-0.25, -0.2) is 5.48 Å². The largest absolute Gasteiger partial charge is 0.347 e. The first-order valence-electron chi connectivity index (χ1n) is 8.69. The molecule has 3 heterocycles. The Morgan fingerprint density at radius 3 is 2.59 bits per heavy atom. The highest BCUT2D eigenvalue weighted by molar-refractivity contribution is 5.94. The van der Waals surface area contributed by atoms with Crippen molar-refractivity contribution in [1.82, 2.24) is 19.5 Å². The van der Waals surface area contributed by atoms with E-state index in [4.69, 9.17) is 5.21 Å². The second kappa shape index (κ2) is 6.77. The zero-order valence-electron chi connectivity index (χ0n) is 14.9. The molecule has 138 valence electrons. The van der Waals surface area contributed by atoms with Crippen LogP contribution in [0.5, 0.6) is 0 Å². The lowest BCUT2D eigenvalue weighted by atomic mass is 10.0. The molecule has 2 amide bonds. The zero-order chi connectivity index (χ0) is 19.0. The molecule has 2 aromatic heterocycles. The van der Waals surface area contributed by atoms with Gasteiger partial charge in [-0.15, -0.1) is 0 Å². The summed E-state index contributed by atoms with van der Waals surface area (Å²) in [4.78, 5) is 26.9. The summed E-state index contributed by atoms with van der Waals surface area (Å²) in [5.41, 5.74) is 4.53. The molecular formula is C20H20N4O3. The molecule has 1 unspecified atom stereocenters. The Balaban J connectivity index is 1.75. The van der Waals surface area contributed by atoms with Gasteiger partial charge in [0.1, 0.15) is 5.69 Å². The van der Waals surface area contributed by atoms with Crippen LogP contribution in [0.2, 0.25) is 0 Å². The molecule has 7 nitrogen and oxygen atoms in total. The van der Waals surface area contributed by atoms with Crippen LogP contribution >= 0.6 is 0 Å². The first-order valence-corrected chi connectivity index (χ1v) is 8.69. The highest BCUT2D eigenvalue weighted by Crippen LogP contribution is 2.32. The number of carbonyl (C=O) groups is 2. The molecule has 0 saturated carbocycles. The molecule has 3 aromatic rings. The summed E-state index contributed by atoms with van der Waals surface area (Å²) in [5.74, 6) is -0.620. The number of hydroxylamine groups is 1. The van der Waals surface area contributed by atoms with Crippen molar-refractivity contribution >= 4 is 11.8 Å². The lowest BCUT2D eigenvalue weighted by molar-refractivity contribution is 0.0580. The van der Waals surface area contributed by atoms with Crippen molar-refractivity contribution in [2.24, 2.45) is 7.05 Å². The van der Waals surface area contributed by atoms with Gasteiger partial charge in [-0.05, 0) is 23.8 Å². The molecule has 4 rings (SSSR count). The Bertz CT molecular complexity index is 990. The van der Waals surface area contributed by atoms with Gasteiger partial charge in [0.05, 0.1) is 18.2 Å². The summed E-state index contributed by atoms with van der Waals surface area (Å²) in [6.45, 7) is 0.913. The van der Waals surface area contributed by atoms with E-state index < -0.39 is 5.91 Å². The van der Waals surface area contributed by atoms with Gasteiger partial charge in [-0.2, -0.15) is 0 Å². The van der Waals surface area contributed by atoms with Crippen molar-refractivity contribution in [1.29, 1.82) is 0 Å². The molecule has 7 heteroatoms. The normalized spacial score (nSPS) is 16.1. The average molecular weight is 364 g/mol. The number of amides is 2. The molecule has 0 aliphatic carbocycles. The van der Waals surface area contributed by atoms with Gasteiger partial charge in [-0.3, -0.25) is 14.8 Å². The topological polar surface area (TPSA) is 79.5 Å². The number of benzene rings is 1. The predicted octanol–water partition coefficient (Wildman–Crippen LogP) is 2.34. The lowest BCUT2D eigenvalue weighted by Crippen LogP contribution is -2.41. The first-order chi connectivity index (χ1) is 13.1.